The molecule has 1 atom stereocenters. The standard InChI is InChI=1S/C17H23BrN2O2.ClH/c18-13-2-3-16-14(11-13)15(7-10-22-16)20-17(21)4-1-12-5-8-19-9-6-12;/h2-3,11-12,15,19H,1,4-10H2,(H,20,21);1H. The lowest BCUT2D eigenvalue weighted by Gasteiger charge is -2.27. The molecule has 4 nitrogen and oxygen atoms in total. The number of benzene rings is 1. The first kappa shape index (κ1) is 18.6. The number of hydrogen-bond acceptors (Lipinski definition) is 3. The van der Waals surface area contributed by atoms with Crippen LogP contribution in [0.25, 0.3) is 0 Å². The molecule has 0 bridgehead atoms. The largest absolute Gasteiger partial charge is 0.493 e. The summed E-state index contributed by atoms with van der Waals surface area (Å²) in [5.74, 6) is 1.75. The van der Waals surface area contributed by atoms with Gasteiger partial charge in [0.15, 0.2) is 0 Å². The Kier molecular flexibility index (Phi) is 7.18. The molecule has 6 heteroatoms. The molecule has 0 spiro atoms. The Balaban J connectivity index is 0.00000192. The third-order valence-electron chi connectivity index (χ3n) is 4.58. The zero-order valence-corrected chi connectivity index (χ0v) is 15.5. The van der Waals surface area contributed by atoms with Gasteiger partial charge in [-0.2, -0.15) is 0 Å². The van der Waals surface area contributed by atoms with Gasteiger partial charge in [-0.3, -0.25) is 4.79 Å². The molecule has 23 heavy (non-hydrogen) atoms. The van der Waals surface area contributed by atoms with Gasteiger partial charge in [-0.15, -0.1) is 12.4 Å². The van der Waals surface area contributed by atoms with E-state index in [0.29, 0.717) is 18.9 Å². The second-order valence-corrected chi connectivity index (χ2v) is 7.09. The highest BCUT2D eigenvalue weighted by atomic mass is 79.9. The van der Waals surface area contributed by atoms with E-state index in [1.54, 1.807) is 0 Å². The van der Waals surface area contributed by atoms with Gasteiger partial charge in [-0.25, -0.2) is 0 Å². The van der Waals surface area contributed by atoms with Crippen LogP contribution in [0, 0.1) is 5.92 Å². The van der Waals surface area contributed by atoms with Crippen molar-refractivity contribution < 1.29 is 9.53 Å². The third kappa shape index (κ3) is 5.10. The van der Waals surface area contributed by atoms with Crippen LogP contribution in [0.5, 0.6) is 5.75 Å². The Bertz CT molecular complexity index is 535. The highest BCUT2D eigenvalue weighted by molar-refractivity contribution is 9.10. The number of nitrogens with one attached hydrogen (secondary N) is 2. The second kappa shape index (κ2) is 8.90. The first-order valence-electron chi connectivity index (χ1n) is 8.14. The van der Waals surface area contributed by atoms with Crippen LogP contribution in [0.2, 0.25) is 0 Å². The van der Waals surface area contributed by atoms with Gasteiger partial charge in [0.2, 0.25) is 5.91 Å². The zero-order valence-electron chi connectivity index (χ0n) is 13.1. The van der Waals surface area contributed by atoms with E-state index in [-0.39, 0.29) is 24.4 Å². The molecule has 0 aromatic heterocycles. The molecule has 2 N–H and O–H groups in total. The second-order valence-electron chi connectivity index (χ2n) is 6.17. The smallest absolute Gasteiger partial charge is 0.220 e. The molecular formula is C17H24BrClN2O2. The van der Waals surface area contributed by atoms with Crippen LogP contribution >= 0.6 is 28.3 Å². The normalized spacial score (nSPS) is 20.8. The van der Waals surface area contributed by atoms with Crippen molar-refractivity contribution in [2.24, 2.45) is 5.92 Å². The summed E-state index contributed by atoms with van der Waals surface area (Å²) in [6.07, 6.45) is 4.86. The van der Waals surface area contributed by atoms with Gasteiger partial charge in [-0.05, 0) is 56.5 Å². The SMILES string of the molecule is Cl.O=C(CCC1CCNCC1)NC1CCOc2ccc(Br)cc21. The summed E-state index contributed by atoms with van der Waals surface area (Å²) in [7, 11) is 0. The number of fused-ring (bicyclic) bond motifs is 1. The number of amides is 1. The topological polar surface area (TPSA) is 50.4 Å². The lowest BCUT2D eigenvalue weighted by atomic mass is 9.93. The van der Waals surface area contributed by atoms with Crippen molar-refractivity contribution in [2.45, 2.75) is 38.1 Å². The summed E-state index contributed by atoms with van der Waals surface area (Å²) < 4.78 is 6.69. The van der Waals surface area contributed by atoms with E-state index in [0.717, 1.165) is 41.7 Å². The van der Waals surface area contributed by atoms with Crippen LogP contribution in [0.15, 0.2) is 22.7 Å². The van der Waals surface area contributed by atoms with Gasteiger partial charge < -0.3 is 15.4 Å². The van der Waals surface area contributed by atoms with Crippen molar-refractivity contribution in [2.75, 3.05) is 19.7 Å². The summed E-state index contributed by atoms with van der Waals surface area (Å²) in [6, 6.07) is 6.06. The number of carbonyl (C=O) groups excluding carboxylic acids is 1. The van der Waals surface area contributed by atoms with Crippen molar-refractivity contribution in [1.82, 2.24) is 10.6 Å². The van der Waals surface area contributed by atoms with Crippen molar-refractivity contribution in [3.05, 3.63) is 28.2 Å². The summed E-state index contributed by atoms with van der Waals surface area (Å²) >= 11 is 3.49. The molecule has 1 aromatic carbocycles. The molecule has 1 amide bonds. The van der Waals surface area contributed by atoms with Crippen molar-refractivity contribution in [3.63, 3.8) is 0 Å². The van der Waals surface area contributed by atoms with Crippen LogP contribution in [-0.4, -0.2) is 25.6 Å². The Labute approximate surface area is 152 Å². The predicted octanol–water partition coefficient (Wildman–Crippen LogP) is 3.59. The maximum absolute atomic E-state index is 12.3. The Hall–Kier alpha value is -0.780. The highest BCUT2D eigenvalue weighted by Crippen LogP contribution is 2.34. The van der Waals surface area contributed by atoms with Crippen molar-refractivity contribution >= 4 is 34.2 Å². The van der Waals surface area contributed by atoms with E-state index in [1.165, 1.54) is 12.8 Å². The summed E-state index contributed by atoms with van der Waals surface area (Å²) in [5, 5.41) is 6.55. The van der Waals surface area contributed by atoms with E-state index in [2.05, 4.69) is 26.6 Å². The number of rotatable bonds is 4. The number of hydrogen-bond donors (Lipinski definition) is 2. The molecule has 1 fully saturated rings. The van der Waals surface area contributed by atoms with Crippen molar-refractivity contribution in [3.8, 4) is 5.75 Å². The van der Waals surface area contributed by atoms with Crippen LogP contribution < -0.4 is 15.4 Å². The molecule has 3 rings (SSSR count). The Morgan fingerprint density at radius 3 is 2.87 bits per heavy atom. The predicted molar refractivity (Wildman–Crippen MR) is 97.2 cm³/mol. The van der Waals surface area contributed by atoms with Gasteiger partial charge >= 0.3 is 0 Å². The molecule has 1 saturated heterocycles. The average Bonchev–Trinajstić information content (AvgIpc) is 2.54. The monoisotopic (exact) mass is 402 g/mol. The van der Waals surface area contributed by atoms with Gasteiger partial charge in [0.1, 0.15) is 5.75 Å². The molecule has 2 heterocycles. The quantitative estimate of drug-likeness (QED) is 0.808. The van der Waals surface area contributed by atoms with Gasteiger partial charge in [-0.1, -0.05) is 15.9 Å². The van der Waals surface area contributed by atoms with Gasteiger partial charge in [0.25, 0.3) is 0 Å². The van der Waals surface area contributed by atoms with E-state index in [1.807, 2.05) is 18.2 Å². The molecule has 0 saturated carbocycles. The first-order chi connectivity index (χ1) is 10.7. The van der Waals surface area contributed by atoms with E-state index >= 15 is 0 Å². The highest BCUT2D eigenvalue weighted by Gasteiger charge is 2.23. The number of ether oxygens (including phenoxy) is 1. The van der Waals surface area contributed by atoms with Gasteiger partial charge in [0.05, 0.1) is 12.6 Å². The van der Waals surface area contributed by atoms with Crippen LogP contribution in [-0.2, 0) is 4.79 Å². The summed E-state index contributed by atoms with van der Waals surface area (Å²) in [4.78, 5) is 12.3. The fourth-order valence-corrected chi connectivity index (χ4v) is 3.67. The molecule has 2 aliphatic rings. The minimum atomic E-state index is 0. The molecular weight excluding hydrogens is 380 g/mol. The first-order valence-corrected chi connectivity index (χ1v) is 8.94. The maximum Gasteiger partial charge on any atom is 0.220 e. The fourth-order valence-electron chi connectivity index (χ4n) is 3.29. The molecule has 1 aromatic rings. The minimum absolute atomic E-state index is 0. The van der Waals surface area contributed by atoms with Gasteiger partial charge in [0, 0.05) is 22.9 Å². The van der Waals surface area contributed by atoms with E-state index in [4.69, 9.17) is 4.74 Å². The molecule has 2 aliphatic heterocycles. The third-order valence-corrected chi connectivity index (χ3v) is 5.08. The molecule has 128 valence electrons. The van der Waals surface area contributed by atoms with E-state index in [9.17, 15) is 4.79 Å². The number of halogens is 2. The molecule has 0 aliphatic carbocycles. The zero-order chi connectivity index (χ0) is 15.4. The molecule has 1 unspecified atom stereocenters. The summed E-state index contributed by atoms with van der Waals surface area (Å²) in [6.45, 7) is 2.84. The fraction of sp³-hybridized carbons (Fsp3) is 0.588. The Morgan fingerprint density at radius 1 is 1.30 bits per heavy atom. The maximum atomic E-state index is 12.3. The number of carbonyl (C=O) groups is 1. The number of piperidine rings is 1. The van der Waals surface area contributed by atoms with Crippen molar-refractivity contribution in [1.29, 1.82) is 0 Å². The molecule has 0 radical (unpaired) electrons. The lowest BCUT2D eigenvalue weighted by molar-refractivity contribution is -0.122. The minimum Gasteiger partial charge on any atom is -0.493 e. The lowest BCUT2D eigenvalue weighted by Crippen LogP contribution is -2.33. The average molecular weight is 404 g/mol. The van der Waals surface area contributed by atoms with E-state index < -0.39 is 0 Å². The Morgan fingerprint density at radius 2 is 2.09 bits per heavy atom. The van der Waals surface area contributed by atoms with Crippen LogP contribution in [0.3, 0.4) is 0 Å². The van der Waals surface area contributed by atoms with Crippen LogP contribution in [0.1, 0.15) is 43.7 Å². The summed E-state index contributed by atoms with van der Waals surface area (Å²) in [5.41, 5.74) is 1.08. The van der Waals surface area contributed by atoms with Crippen LogP contribution in [0.4, 0.5) is 0 Å².